The number of carbonyl (C=O) groups excluding carboxylic acids is 2. The Kier molecular flexibility index (Phi) is 4.18. The quantitative estimate of drug-likeness (QED) is 0.366. The first kappa shape index (κ1) is 14.3. The maximum absolute atomic E-state index is 11.9. The third-order valence-electron chi connectivity index (χ3n) is 2.80. The van der Waals surface area contributed by atoms with Crippen LogP contribution in [-0.4, -0.2) is 52.1 Å². The van der Waals surface area contributed by atoms with Crippen LogP contribution >= 0.6 is 0 Å². The molecule has 20 heavy (non-hydrogen) atoms. The fraction of sp³-hybridized carbons (Fsp3) is 0.167. The molecule has 2 amide bonds. The molecule has 1 aromatic carbocycles. The second-order valence-corrected chi connectivity index (χ2v) is 4.20. The Morgan fingerprint density at radius 2 is 2.00 bits per heavy atom. The summed E-state index contributed by atoms with van der Waals surface area (Å²) in [7, 11) is -1.61. The molecule has 2 rings (SSSR count). The first-order valence-electron chi connectivity index (χ1n) is 5.94. The molecule has 0 aliphatic carbocycles. The van der Waals surface area contributed by atoms with Crippen molar-refractivity contribution < 1.29 is 24.7 Å². The molecule has 104 valence electrons. The zero-order valence-corrected chi connectivity index (χ0v) is 10.5. The van der Waals surface area contributed by atoms with Crippen LogP contribution in [0.15, 0.2) is 36.0 Å². The number of rotatable bonds is 5. The van der Waals surface area contributed by atoms with Crippen molar-refractivity contribution in [3.63, 3.8) is 0 Å². The summed E-state index contributed by atoms with van der Waals surface area (Å²) in [5, 5.41) is 29.7. The molecule has 1 aliphatic heterocycles. The summed E-state index contributed by atoms with van der Waals surface area (Å²) in [5.74, 6) is -1.02. The van der Waals surface area contributed by atoms with Gasteiger partial charge in [-0.1, -0.05) is 12.1 Å². The standard InChI is InChI=1S/C12H13BN2O5/c16-5-4-15-11(17)7-10(12(15)18)14-9-3-1-2-8(6-9)13(19)20/h1-3,6-7,14,16,19-20H,4-5H2. The predicted octanol–water partition coefficient (Wildman–Crippen LogP) is -1.98. The zero-order valence-electron chi connectivity index (χ0n) is 10.5. The molecule has 0 aromatic heterocycles. The lowest BCUT2D eigenvalue weighted by Crippen LogP contribution is -2.34. The number of aliphatic hydroxyl groups excluding tert-OH is 1. The largest absolute Gasteiger partial charge is 0.488 e. The number of hydrogen-bond acceptors (Lipinski definition) is 6. The van der Waals surface area contributed by atoms with Crippen LogP contribution in [0.5, 0.6) is 0 Å². The Labute approximate surface area is 115 Å². The second kappa shape index (κ2) is 5.87. The summed E-state index contributed by atoms with van der Waals surface area (Å²) in [6.45, 7) is -0.362. The molecule has 0 unspecified atom stereocenters. The van der Waals surface area contributed by atoms with Gasteiger partial charge >= 0.3 is 7.12 Å². The molecule has 0 radical (unpaired) electrons. The highest BCUT2D eigenvalue weighted by Crippen LogP contribution is 2.16. The molecule has 1 heterocycles. The molecular formula is C12H13BN2O5. The van der Waals surface area contributed by atoms with Gasteiger partial charge in [0, 0.05) is 11.8 Å². The predicted molar refractivity (Wildman–Crippen MR) is 71.8 cm³/mol. The van der Waals surface area contributed by atoms with E-state index in [1.807, 2.05) is 0 Å². The summed E-state index contributed by atoms with van der Waals surface area (Å²) in [6, 6.07) is 6.19. The molecule has 0 spiro atoms. The maximum atomic E-state index is 11.9. The SMILES string of the molecule is O=C1C=C(Nc2cccc(B(O)O)c2)C(=O)N1CCO. The smallest absolute Gasteiger partial charge is 0.423 e. The molecule has 7 nitrogen and oxygen atoms in total. The third kappa shape index (κ3) is 2.88. The summed E-state index contributed by atoms with van der Waals surface area (Å²) in [6.07, 6.45) is 1.14. The minimum atomic E-state index is -1.61. The van der Waals surface area contributed by atoms with Gasteiger partial charge in [-0.05, 0) is 17.6 Å². The first-order chi connectivity index (χ1) is 9.52. The van der Waals surface area contributed by atoms with Crippen LogP contribution < -0.4 is 10.8 Å². The lowest BCUT2D eigenvalue weighted by molar-refractivity contribution is -0.137. The van der Waals surface area contributed by atoms with Crippen molar-refractivity contribution in [2.24, 2.45) is 0 Å². The van der Waals surface area contributed by atoms with Crippen LogP contribution in [0.25, 0.3) is 0 Å². The molecule has 0 atom stereocenters. The van der Waals surface area contributed by atoms with Gasteiger partial charge in [0.05, 0.1) is 13.2 Å². The number of nitrogens with zero attached hydrogens (tertiary/aromatic N) is 1. The Morgan fingerprint density at radius 3 is 2.65 bits per heavy atom. The van der Waals surface area contributed by atoms with Gasteiger partial charge in [-0.25, -0.2) is 0 Å². The van der Waals surface area contributed by atoms with E-state index in [0.29, 0.717) is 5.69 Å². The summed E-state index contributed by atoms with van der Waals surface area (Å²) >= 11 is 0. The molecule has 0 fully saturated rings. The van der Waals surface area contributed by atoms with Gasteiger partial charge in [-0.15, -0.1) is 0 Å². The second-order valence-electron chi connectivity index (χ2n) is 4.20. The normalized spacial score (nSPS) is 14.6. The Morgan fingerprint density at radius 1 is 1.25 bits per heavy atom. The van der Waals surface area contributed by atoms with E-state index in [1.54, 1.807) is 12.1 Å². The topological polar surface area (TPSA) is 110 Å². The van der Waals surface area contributed by atoms with Gasteiger partial charge in [0.2, 0.25) is 0 Å². The van der Waals surface area contributed by atoms with Crippen molar-refractivity contribution in [1.82, 2.24) is 4.90 Å². The molecule has 0 saturated heterocycles. The lowest BCUT2D eigenvalue weighted by atomic mass is 9.80. The minimum absolute atomic E-state index is 0.0608. The maximum Gasteiger partial charge on any atom is 0.488 e. The van der Waals surface area contributed by atoms with Crippen LogP contribution in [0, 0.1) is 0 Å². The monoisotopic (exact) mass is 276 g/mol. The number of aliphatic hydroxyl groups is 1. The van der Waals surface area contributed by atoms with Crippen molar-refractivity contribution in [3.8, 4) is 0 Å². The van der Waals surface area contributed by atoms with Crippen LogP contribution in [0.2, 0.25) is 0 Å². The number of anilines is 1. The molecule has 4 N–H and O–H groups in total. The average molecular weight is 276 g/mol. The van der Waals surface area contributed by atoms with Gasteiger partial charge in [-0.2, -0.15) is 0 Å². The van der Waals surface area contributed by atoms with E-state index in [-0.39, 0.29) is 24.3 Å². The lowest BCUT2D eigenvalue weighted by Gasteiger charge is -2.13. The van der Waals surface area contributed by atoms with Crippen molar-refractivity contribution in [3.05, 3.63) is 36.0 Å². The highest BCUT2D eigenvalue weighted by Gasteiger charge is 2.30. The van der Waals surface area contributed by atoms with E-state index in [1.165, 1.54) is 12.1 Å². The van der Waals surface area contributed by atoms with E-state index in [0.717, 1.165) is 11.0 Å². The highest BCUT2D eigenvalue weighted by atomic mass is 16.4. The fourth-order valence-electron chi connectivity index (χ4n) is 1.84. The molecular weight excluding hydrogens is 263 g/mol. The first-order valence-corrected chi connectivity index (χ1v) is 5.94. The van der Waals surface area contributed by atoms with Crippen molar-refractivity contribution >= 4 is 30.1 Å². The van der Waals surface area contributed by atoms with Crippen LogP contribution in [-0.2, 0) is 9.59 Å². The van der Waals surface area contributed by atoms with Gasteiger partial charge in [0.1, 0.15) is 5.70 Å². The minimum Gasteiger partial charge on any atom is -0.423 e. The van der Waals surface area contributed by atoms with E-state index >= 15 is 0 Å². The zero-order chi connectivity index (χ0) is 14.7. The van der Waals surface area contributed by atoms with Crippen LogP contribution in [0.3, 0.4) is 0 Å². The van der Waals surface area contributed by atoms with Gasteiger partial charge in [0.15, 0.2) is 0 Å². The van der Waals surface area contributed by atoms with E-state index in [4.69, 9.17) is 15.2 Å². The number of nitrogens with one attached hydrogen (secondary N) is 1. The van der Waals surface area contributed by atoms with Crippen molar-refractivity contribution in [1.29, 1.82) is 0 Å². The van der Waals surface area contributed by atoms with E-state index < -0.39 is 18.9 Å². The number of carbonyl (C=O) groups is 2. The number of hydrogen-bond donors (Lipinski definition) is 4. The Bertz CT molecular complexity index is 573. The number of β-amino-alcohol motifs (C(OH)–C–C–N with tert-alkyl or cyclic N) is 1. The molecule has 0 bridgehead atoms. The Hall–Kier alpha value is -2.16. The molecule has 1 aromatic rings. The molecule has 1 aliphatic rings. The van der Waals surface area contributed by atoms with Crippen LogP contribution in [0.4, 0.5) is 5.69 Å². The number of imide groups is 1. The molecule has 0 saturated carbocycles. The molecule has 8 heteroatoms. The summed E-state index contributed by atoms with van der Waals surface area (Å²) in [5.41, 5.74) is 0.793. The fourth-order valence-corrected chi connectivity index (χ4v) is 1.84. The van der Waals surface area contributed by atoms with Gasteiger partial charge in [0.25, 0.3) is 11.8 Å². The van der Waals surface area contributed by atoms with Crippen LogP contribution in [0.1, 0.15) is 0 Å². The number of amides is 2. The van der Waals surface area contributed by atoms with E-state index in [2.05, 4.69) is 5.32 Å². The van der Waals surface area contributed by atoms with Crippen molar-refractivity contribution in [2.75, 3.05) is 18.5 Å². The third-order valence-corrected chi connectivity index (χ3v) is 2.80. The number of benzene rings is 1. The van der Waals surface area contributed by atoms with Crippen molar-refractivity contribution in [2.45, 2.75) is 0 Å². The summed E-state index contributed by atoms with van der Waals surface area (Å²) < 4.78 is 0. The van der Waals surface area contributed by atoms with Gasteiger partial charge in [-0.3, -0.25) is 14.5 Å². The average Bonchev–Trinajstić information content (AvgIpc) is 2.67. The van der Waals surface area contributed by atoms with Gasteiger partial charge < -0.3 is 20.5 Å². The Balaban J connectivity index is 2.15. The summed E-state index contributed by atoms with van der Waals surface area (Å²) in [4.78, 5) is 24.4. The highest BCUT2D eigenvalue weighted by molar-refractivity contribution is 6.58. The van der Waals surface area contributed by atoms with E-state index in [9.17, 15) is 9.59 Å².